The van der Waals surface area contributed by atoms with Crippen LogP contribution >= 0.6 is 23.6 Å². The van der Waals surface area contributed by atoms with Crippen molar-refractivity contribution in [2.45, 2.75) is 26.3 Å². The number of carbonyl (C=O) groups is 1. The number of amides is 1. The molecule has 6 nitrogen and oxygen atoms in total. The first-order valence-electron chi connectivity index (χ1n) is 9.44. The summed E-state index contributed by atoms with van der Waals surface area (Å²) in [5.74, 6) is 1.48. The van der Waals surface area contributed by atoms with E-state index >= 15 is 0 Å². The number of anilines is 2. The molecule has 0 radical (unpaired) electrons. The fraction of sp³-hybridized carbons (Fsp3) is 0.350. The van der Waals surface area contributed by atoms with Crippen LogP contribution in [-0.4, -0.2) is 33.8 Å². The number of benzene rings is 1. The maximum atomic E-state index is 12.4. The Balaban J connectivity index is 1.35. The largest absolute Gasteiger partial charge is 0.371 e. The van der Waals surface area contributed by atoms with Crippen LogP contribution in [0.1, 0.15) is 19.8 Å². The van der Waals surface area contributed by atoms with Crippen LogP contribution in [0.5, 0.6) is 0 Å². The third kappa shape index (κ3) is 4.18. The van der Waals surface area contributed by atoms with Crippen LogP contribution in [0.2, 0.25) is 0 Å². The van der Waals surface area contributed by atoms with Gasteiger partial charge in [-0.05, 0) is 60.3 Å². The molecule has 28 heavy (non-hydrogen) atoms. The van der Waals surface area contributed by atoms with Gasteiger partial charge in [0.25, 0.3) is 0 Å². The Morgan fingerprint density at radius 2 is 2.18 bits per heavy atom. The van der Waals surface area contributed by atoms with Gasteiger partial charge in [-0.15, -0.1) is 11.3 Å². The van der Waals surface area contributed by atoms with Crippen molar-refractivity contribution in [2.24, 2.45) is 5.92 Å². The van der Waals surface area contributed by atoms with Crippen molar-refractivity contribution in [1.29, 1.82) is 0 Å². The number of hydrogen-bond donors (Lipinski definition) is 2. The van der Waals surface area contributed by atoms with Gasteiger partial charge in [0, 0.05) is 37.4 Å². The third-order valence-corrected chi connectivity index (χ3v) is 6.18. The highest BCUT2D eigenvalue weighted by molar-refractivity contribution is 7.71. The zero-order valence-electron chi connectivity index (χ0n) is 15.7. The highest BCUT2D eigenvalue weighted by atomic mass is 32.1. The fourth-order valence-corrected chi connectivity index (χ4v) is 4.43. The number of nitrogens with zero attached hydrogens (tertiary/aromatic N) is 3. The van der Waals surface area contributed by atoms with Crippen LogP contribution < -0.4 is 10.2 Å². The van der Waals surface area contributed by atoms with Crippen molar-refractivity contribution in [3.05, 3.63) is 46.5 Å². The van der Waals surface area contributed by atoms with E-state index in [0.717, 1.165) is 35.4 Å². The molecular formula is C20H23N5OS2. The lowest BCUT2D eigenvalue weighted by Crippen LogP contribution is -2.19. The van der Waals surface area contributed by atoms with Crippen molar-refractivity contribution in [3.8, 4) is 10.7 Å². The lowest BCUT2D eigenvalue weighted by molar-refractivity contribution is -0.116. The summed E-state index contributed by atoms with van der Waals surface area (Å²) >= 11 is 6.91. The summed E-state index contributed by atoms with van der Waals surface area (Å²) in [4.78, 5) is 15.8. The summed E-state index contributed by atoms with van der Waals surface area (Å²) in [6, 6.07) is 12.1. The van der Waals surface area contributed by atoms with Crippen LogP contribution in [-0.2, 0) is 11.3 Å². The van der Waals surface area contributed by atoms with Gasteiger partial charge < -0.3 is 10.2 Å². The topological polar surface area (TPSA) is 66.0 Å². The molecule has 1 saturated heterocycles. The zero-order valence-corrected chi connectivity index (χ0v) is 17.4. The van der Waals surface area contributed by atoms with Gasteiger partial charge in [-0.3, -0.25) is 14.5 Å². The van der Waals surface area contributed by atoms with Crippen molar-refractivity contribution < 1.29 is 4.79 Å². The minimum absolute atomic E-state index is 0.0391. The van der Waals surface area contributed by atoms with E-state index < -0.39 is 0 Å². The molecular weight excluding hydrogens is 390 g/mol. The Morgan fingerprint density at radius 1 is 1.36 bits per heavy atom. The number of H-pyrrole nitrogens is 1. The number of rotatable bonds is 6. The molecule has 1 fully saturated rings. The number of aromatic nitrogens is 3. The Labute approximate surface area is 173 Å². The monoisotopic (exact) mass is 413 g/mol. The van der Waals surface area contributed by atoms with Gasteiger partial charge in [-0.2, -0.15) is 5.10 Å². The minimum atomic E-state index is -0.0391. The van der Waals surface area contributed by atoms with Gasteiger partial charge in [0.15, 0.2) is 10.6 Å². The van der Waals surface area contributed by atoms with E-state index in [1.807, 2.05) is 34.2 Å². The predicted molar refractivity (Wildman–Crippen MR) is 116 cm³/mol. The first-order chi connectivity index (χ1) is 13.6. The first-order valence-corrected chi connectivity index (χ1v) is 10.7. The molecule has 4 rings (SSSR count). The smallest absolute Gasteiger partial charge is 0.226 e. The summed E-state index contributed by atoms with van der Waals surface area (Å²) in [7, 11) is 0. The molecule has 1 amide bonds. The normalized spacial score (nSPS) is 16.5. The molecule has 0 spiro atoms. The minimum Gasteiger partial charge on any atom is -0.371 e. The Hall–Kier alpha value is -2.45. The molecule has 1 atom stereocenters. The molecule has 0 bridgehead atoms. The maximum absolute atomic E-state index is 12.4. The quantitative estimate of drug-likeness (QED) is 0.582. The van der Waals surface area contributed by atoms with Gasteiger partial charge in [-0.25, -0.2) is 0 Å². The molecule has 1 unspecified atom stereocenters. The van der Waals surface area contributed by atoms with Crippen LogP contribution in [0.15, 0.2) is 41.8 Å². The summed E-state index contributed by atoms with van der Waals surface area (Å²) in [6.07, 6.45) is 1.57. The van der Waals surface area contributed by atoms with Crippen LogP contribution in [0.4, 0.5) is 11.4 Å². The Morgan fingerprint density at radius 3 is 2.86 bits per heavy atom. The number of thiophene rings is 1. The molecule has 0 saturated carbocycles. The van der Waals surface area contributed by atoms with E-state index in [4.69, 9.17) is 12.2 Å². The predicted octanol–water partition coefficient (Wildman–Crippen LogP) is 4.54. The van der Waals surface area contributed by atoms with Crippen molar-refractivity contribution >= 4 is 40.8 Å². The molecule has 1 aliphatic rings. The second-order valence-corrected chi connectivity index (χ2v) is 8.50. The molecule has 146 valence electrons. The molecule has 3 aromatic rings. The lowest BCUT2D eigenvalue weighted by atomic mass is 10.2. The molecule has 2 aromatic heterocycles. The van der Waals surface area contributed by atoms with E-state index in [1.54, 1.807) is 11.3 Å². The average molecular weight is 414 g/mol. The van der Waals surface area contributed by atoms with Crippen LogP contribution in [0.3, 0.4) is 0 Å². The molecule has 0 aliphatic carbocycles. The van der Waals surface area contributed by atoms with E-state index in [-0.39, 0.29) is 5.91 Å². The van der Waals surface area contributed by atoms with Crippen molar-refractivity contribution in [3.63, 3.8) is 0 Å². The molecule has 1 aliphatic heterocycles. The van der Waals surface area contributed by atoms with Gasteiger partial charge in [0.05, 0.1) is 4.88 Å². The van der Waals surface area contributed by atoms with Gasteiger partial charge >= 0.3 is 0 Å². The molecule has 3 heterocycles. The highest BCUT2D eigenvalue weighted by Crippen LogP contribution is 2.25. The maximum Gasteiger partial charge on any atom is 0.226 e. The number of carbonyl (C=O) groups excluding carboxylic acids is 1. The van der Waals surface area contributed by atoms with Gasteiger partial charge in [-0.1, -0.05) is 13.0 Å². The van der Waals surface area contributed by atoms with Crippen molar-refractivity contribution in [2.75, 3.05) is 23.3 Å². The van der Waals surface area contributed by atoms with Gasteiger partial charge in [0.2, 0.25) is 5.91 Å². The zero-order chi connectivity index (χ0) is 19.5. The summed E-state index contributed by atoms with van der Waals surface area (Å²) in [6.45, 7) is 4.97. The second-order valence-electron chi connectivity index (χ2n) is 7.17. The Bertz CT molecular complexity index is 991. The lowest BCUT2D eigenvalue weighted by Gasteiger charge is -2.18. The fourth-order valence-electron chi connectivity index (χ4n) is 3.48. The first kappa shape index (κ1) is 18.9. The molecule has 8 heteroatoms. The van der Waals surface area contributed by atoms with Crippen LogP contribution in [0, 0.1) is 10.7 Å². The second kappa shape index (κ2) is 8.28. The summed E-state index contributed by atoms with van der Waals surface area (Å²) in [5.41, 5.74) is 2.03. The van der Waals surface area contributed by atoms with E-state index in [1.165, 1.54) is 12.1 Å². The van der Waals surface area contributed by atoms with Crippen LogP contribution in [0.25, 0.3) is 10.7 Å². The standard InChI is InChI=1S/C20H23N5OS2/c1-14-8-10-24(13-14)16-6-4-15(5-7-16)21-18(26)9-11-25-19(22-23-20(25)27)17-3-2-12-28-17/h2-7,12,14H,8-11,13H2,1H3,(H,21,26)(H,23,27). The summed E-state index contributed by atoms with van der Waals surface area (Å²) in [5, 5.41) is 12.1. The Kier molecular flexibility index (Phi) is 5.59. The SMILES string of the molecule is CC1CCN(c2ccc(NC(=O)CCn3c(-c4cccs4)n[nH]c3=S)cc2)C1. The number of nitrogens with one attached hydrogen (secondary N) is 2. The number of hydrogen-bond acceptors (Lipinski definition) is 5. The van der Waals surface area contributed by atoms with E-state index in [9.17, 15) is 4.79 Å². The number of aromatic amines is 1. The third-order valence-electron chi connectivity index (χ3n) is 5.00. The van der Waals surface area contributed by atoms with Gasteiger partial charge in [0.1, 0.15) is 0 Å². The molecule has 2 N–H and O–H groups in total. The van der Waals surface area contributed by atoms with Crippen molar-refractivity contribution in [1.82, 2.24) is 14.8 Å². The summed E-state index contributed by atoms with van der Waals surface area (Å²) < 4.78 is 2.40. The average Bonchev–Trinajstić information content (AvgIpc) is 3.42. The van der Waals surface area contributed by atoms with E-state index in [0.29, 0.717) is 17.7 Å². The highest BCUT2D eigenvalue weighted by Gasteiger charge is 2.18. The molecule has 1 aromatic carbocycles. The van der Waals surface area contributed by atoms with E-state index in [2.05, 4.69) is 39.5 Å².